The Morgan fingerprint density at radius 2 is 1.70 bits per heavy atom. The molecule has 23 heavy (non-hydrogen) atoms. The Morgan fingerprint density at radius 3 is 2.52 bits per heavy atom. The highest BCUT2D eigenvalue weighted by atomic mass is 14.6. The molecule has 130 valence electrons. The van der Waals surface area contributed by atoms with Gasteiger partial charge < -0.3 is 5.73 Å². The zero-order chi connectivity index (χ0) is 16.1. The zero-order valence-electron chi connectivity index (χ0n) is 15.4. The summed E-state index contributed by atoms with van der Waals surface area (Å²) in [4.78, 5) is 0. The Kier molecular flexibility index (Phi) is 4.15. The summed E-state index contributed by atoms with van der Waals surface area (Å²) in [6, 6.07) is 0. The molecule has 0 amide bonds. The van der Waals surface area contributed by atoms with Crippen LogP contribution in [0.3, 0.4) is 0 Å². The summed E-state index contributed by atoms with van der Waals surface area (Å²) in [5, 5.41) is 0. The van der Waals surface area contributed by atoms with Crippen molar-refractivity contribution < 1.29 is 0 Å². The normalized spacial score (nSPS) is 52.9. The van der Waals surface area contributed by atoms with E-state index in [-0.39, 0.29) is 0 Å². The van der Waals surface area contributed by atoms with Gasteiger partial charge in [-0.25, -0.2) is 0 Å². The molecule has 0 spiro atoms. The third-order valence-corrected chi connectivity index (χ3v) is 9.16. The molecule has 0 saturated heterocycles. The van der Waals surface area contributed by atoms with E-state index in [1.165, 1.54) is 57.8 Å². The van der Waals surface area contributed by atoms with E-state index in [1.807, 2.05) is 0 Å². The van der Waals surface area contributed by atoms with Crippen LogP contribution < -0.4 is 5.73 Å². The Bertz CT molecular complexity index is 469. The summed E-state index contributed by atoms with van der Waals surface area (Å²) in [5.74, 6) is 4.92. The molecule has 4 rings (SSSR count). The molecule has 0 bridgehead atoms. The van der Waals surface area contributed by atoms with Gasteiger partial charge in [-0.15, -0.1) is 0 Å². The van der Waals surface area contributed by atoms with Gasteiger partial charge in [-0.2, -0.15) is 0 Å². The van der Waals surface area contributed by atoms with Gasteiger partial charge >= 0.3 is 0 Å². The maximum atomic E-state index is 5.73. The molecule has 0 radical (unpaired) electrons. The molecule has 1 nitrogen and oxygen atoms in total. The smallest absolute Gasteiger partial charge is 0.0106 e. The van der Waals surface area contributed by atoms with E-state index in [1.54, 1.807) is 6.42 Å². The fourth-order valence-corrected chi connectivity index (χ4v) is 7.89. The van der Waals surface area contributed by atoms with Gasteiger partial charge in [0.15, 0.2) is 0 Å². The standard InChI is InChI=1S/C22H37N/c1-21-13-4-3-6-16(21)8-10-18-19-11-9-17(7-5-15-23)22(19,2)14-12-20(18)21/h5,7,16-20H,3-4,6,8-15,23H2,1-2H3/t16?,17-,18-,19-,20-,21-,22+/m0/s1. The minimum Gasteiger partial charge on any atom is -0.327 e. The molecular weight excluding hydrogens is 278 g/mol. The molecule has 4 aliphatic carbocycles. The van der Waals surface area contributed by atoms with Crippen molar-refractivity contribution in [2.24, 2.45) is 46.2 Å². The molecule has 0 heterocycles. The van der Waals surface area contributed by atoms with E-state index in [0.29, 0.717) is 17.4 Å². The van der Waals surface area contributed by atoms with Gasteiger partial charge in [-0.05, 0) is 91.8 Å². The van der Waals surface area contributed by atoms with Gasteiger partial charge in [0.1, 0.15) is 0 Å². The van der Waals surface area contributed by atoms with Gasteiger partial charge in [0.05, 0.1) is 0 Å². The second-order valence-electron chi connectivity index (χ2n) is 9.79. The molecule has 0 aromatic carbocycles. The maximum absolute atomic E-state index is 5.73. The zero-order valence-corrected chi connectivity index (χ0v) is 15.4. The summed E-state index contributed by atoms with van der Waals surface area (Å²) in [5.41, 5.74) is 6.99. The molecule has 2 N–H and O–H groups in total. The molecule has 4 aliphatic rings. The number of fused-ring (bicyclic) bond motifs is 5. The molecule has 0 aliphatic heterocycles. The summed E-state index contributed by atoms with van der Waals surface area (Å²) in [6.45, 7) is 6.03. The fraction of sp³-hybridized carbons (Fsp3) is 0.909. The molecule has 4 saturated carbocycles. The highest BCUT2D eigenvalue weighted by Gasteiger charge is 2.59. The lowest BCUT2D eigenvalue weighted by Gasteiger charge is -2.60. The van der Waals surface area contributed by atoms with Gasteiger partial charge in [0.2, 0.25) is 0 Å². The second-order valence-corrected chi connectivity index (χ2v) is 9.79. The van der Waals surface area contributed by atoms with Crippen molar-refractivity contribution in [2.75, 3.05) is 6.54 Å². The van der Waals surface area contributed by atoms with Crippen molar-refractivity contribution >= 4 is 0 Å². The fourth-order valence-electron chi connectivity index (χ4n) is 7.89. The molecule has 1 heteroatoms. The molecule has 1 unspecified atom stereocenters. The first-order chi connectivity index (χ1) is 11.1. The van der Waals surface area contributed by atoms with Crippen LogP contribution in [-0.2, 0) is 0 Å². The Labute approximate surface area is 143 Å². The maximum Gasteiger partial charge on any atom is 0.0106 e. The third-order valence-electron chi connectivity index (χ3n) is 9.16. The highest BCUT2D eigenvalue weighted by molar-refractivity contribution is 5.12. The highest BCUT2D eigenvalue weighted by Crippen LogP contribution is 2.67. The minimum absolute atomic E-state index is 0.574. The molecular formula is C22H37N. The predicted molar refractivity (Wildman–Crippen MR) is 98.0 cm³/mol. The Balaban J connectivity index is 1.59. The van der Waals surface area contributed by atoms with Gasteiger partial charge in [-0.1, -0.05) is 38.8 Å². The predicted octanol–water partition coefficient (Wildman–Crippen LogP) is 5.55. The van der Waals surface area contributed by atoms with Crippen LogP contribution in [0.5, 0.6) is 0 Å². The van der Waals surface area contributed by atoms with Crippen LogP contribution in [0.2, 0.25) is 0 Å². The van der Waals surface area contributed by atoms with E-state index in [2.05, 4.69) is 26.0 Å². The molecule has 7 atom stereocenters. The lowest BCUT2D eigenvalue weighted by atomic mass is 9.45. The van der Waals surface area contributed by atoms with Crippen molar-refractivity contribution in [1.82, 2.24) is 0 Å². The third kappa shape index (κ3) is 2.36. The van der Waals surface area contributed by atoms with Crippen molar-refractivity contribution in [2.45, 2.75) is 78.1 Å². The minimum atomic E-state index is 0.574. The Morgan fingerprint density at radius 1 is 0.870 bits per heavy atom. The largest absolute Gasteiger partial charge is 0.327 e. The van der Waals surface area contributed by atoms with Crippen LogP contribution >= 0.6 is 0 Å². The summed E-state index contributed by atoms with van der Waals surface area (Å²) >= 11 is 0. The lowest BCUT2D eigenvalue weighted by molar-refractivity contribution is -0.107. The van der Waals surface area contributed by atoms with E-state index in [4.69, 9.17) is 5.73 Å². The van der Waals surface area contributed by atoms with Crippen LogP contribution in [0, 0.1) is 40.4 Å². The lowest BCUT2D eigenvalue weighted by Crippen LogP contribution is -2.52. The molecule has 4 fully saturated rings. The van der Waals surface area contributed by atoms with E-state index in [0.717, 1.165) is 29.6 Å². The average molecular weight is 316 g/mol. The SMILES string of the molecule is C[C@]12CC[C@H]3[C@@H](CCC4CCCC[C@@]43C)[C@@H]1CC[C@@H]2C=CCN. The quantitative estimate of drug-likeness (QED) is 0.664. The van der Waals surface area contributed by atoms with Crippen LogP contribution in [0.4, 0.5) is 0 Å². The molecule has 0 aromatic heterocycles. The summed E-state index contributed by atoms with van der Waals surface area (Å²) in [7, 11) is 0. The van der Waals surface area contributed by atoms with Crippen molar-refractivity contribution in [3.05, 3.63) is 12.2 Å². The van der Waals surface area contributed by atoms with E-state index >= 15 is 0 Å². The van der Waals surface area contributed by atoms with Crippen LogP contribution in [0.15, 0.2) is 12.2 Å². The van der Waals surface area contributed by atoms with Gasteiger partial charge in [0.25, 0.3) is 0 Å². The number of allylic oxidation sites excluding steroid dienone is 1. The summed E-state index contributed by atoms with van der Waals surface area (Å²) < 4.78 is 0. The molecule has 0 aromatic rings. The Hall–Kier alpha value is -0.300. The van der Waals surface area contributed by atoms with Crippen LogP contribution in [0.1, 0.15) is 78.1 Å². The number of hydrogen-bond donors (Lipinski definition) is 1. The first-order valence-corrected chi connectivity index (χ1v) is 10.5. The van der Waals surface area contributed by atoms with E-state index in [9.17, 15) is 0 Å². The average Bonchev–Trinajstić information content (AvgIpc) is 2.89. The van der Waals surface area contributed by atoms with Gasteiger partial charge in [-0.3, -0.25) is 0 Å². The topological polar surface area (TPSA) is 26.0 Å². The van der Waals surface area contributed by atoms with Crippen LogP contribution in [0.25, 0.3) is 0 Å². The second kappa shape index (κ2) is 5.90. The van der Waals surface area contributed by atoms with Gasteiger partial charge in [0, 0.05) is 6.54 Å². The summed E-state index contributed by atoms with van der Waals surface area (Å²) in [6.07, 6.45) is 19.7. The van der Waals surface area contributed by atoms with Crippen molar-refractivity contribution in [3.63, 3.8) is 0 Å². The number of hydrogen-bond acceptors (Lipinski definition) is 1. The first-order valence-electron chi connectivity index (χ1n) is 10.5. The van der Waals surface area contributed by atoms with Crippen molar-refractivity contribution in [1.29, 1.82) is 0 Å². The number of nitrogens with two attached hydrogens (primary N) is 1. The van der Waals surface area contributed by atoms with E-state index < -0.39 is 0 Å². The van der Waals surface area contributed by atoms with Crippen LogP contribution in [-0.4, -0.2) is 6.54 Å². The number of rotatable bonds is 2. The monoisotopic (exact) mass is 315 g/mol. The van der Waals surface area contributed by atoms with Crippen molar-refractivity contribution in [3.8, 4) is 0 Å². The first kappa shape index (κ1) is 16.2.